The van der Waals surface area contributed by atoms with Crippen LogP contribution in [0.3, 0.4) is 0 Å². The average Bonchev–Trinajstić information content (AvgIpc) is 0.933. The van der Waals surface area contributed by atoms with Crippen LogP contribution in [-0.2, 0) is 35.2 Å². The first-order valence-corrected chi connectivity index (χ1v) is 31.1. The summed E-state index contributed by atoms with van der Waals surface area (Å²) in [6, 6.07) is 20.0. The van der Waals surface area contributed by atoms with Gasteiger partial charge in [0, 0.05) is 22.7 Å². The summed E-state index contributed by atoms with van der Waals surface area (Å²) in [6.45, 7) is 0.321. The molecule has 5 atom stereocenters. The standard InChI is InChI=1S/C66H88N14O15/c1-92-53-25-21-40(34-44(53)58(72)83)73-63(88)51(19-9-13-31-69)79-61(86)47-37-43(24-28-56(47)95-38-57(81)82)76-65(90)50(18-8-12-30-68)78-59(84)45-35-41(22-26-54(45)93-2)74-64(89)49(17-7-11-29-67)77-60(85)46-36-42(23-27-55(46)94-3)75-66(91)52(20-10-14-32-70)80-62(87)48(71)33-39-15-5-4-6-16-39/h4-6,15-16,21-28,34-37,48-52H,7-14,17-20,29-33,38,67-71H2,1-3H3,(H2,72,83)(H,73,88)(H,74,89)(H,75,91)(H,76,90)(H,77,85)(H,78,84)(H,79,86)(H,80,87)(H,81,82)/t48-,49-,50-,51-,52-/m0/s1. The monoisotopic (exact) mass is 1320 g/mol. The van der Waals surface area contributed by atoms with E-state index in [9.17, 15) is 53.1 Å². The first-order valence-electron chi connectivity index (χ1n) is 31.1. The van der Waals surface area contributed by atoms with Crippen molar-refractivity contribution in [1.29, 1.82) is 0 Å². The highest BCUT2D eigenvalue weighted by molar-refractivity contribution is 6.08. The number of nitrogens with two attached hydrogens (primary N) is 6. The largest absolute Gasteiger partial charge is 0.496 e. The lowest BCUT2D eigenvalue weighted by Crippen LogP contribution is -2.50. The molecule has 0 fully saturated rings. The molecule has 0 aliphatic carbocycles. The Balaban J connectivity index is 1.35. The Kier molecular flexibility index (Phi) is 31.3. The van der Waals surface area contributed by atoms with E-state index in [2.05, 4.69) is 42.5 Å². The zero-order valence-electron chi connectivity index (χ0n) is 53.6. The van der Waals surface area contributed by atoms with Crippen LogP contribution in [0.2, 0.25) is 0 Å². The second kappa shape index (κ2) is 39.4. The fourth-order valence-electron chi connectivity index (χ4n) is 9.87. The summed E-state index contributed by atoms with van der Waals surface area (Å²) in [4.78, 5) is 136. The molecule has 29 heteroatoms. The van der Waals surface area contributed by atoms with Gasteiger partial charge in [-0.2, -0.15) is 0 Å². The van der Waals surface area contributed by atoms with Crippen LogP contribution in [0.5, 0.6) is 23.0 Å². The van der Waals surface area contributed by atoms with Crippen molar-refractivity contribution in [1.82, 2.24) is 21.3 Å². The lowest BCUT2D eigenvalue weighted by Gasteiger charge is -2.22. The van der Waals surface area contributed by atoms with Crippen molar-refractivity contribution < 1.29 is 72.0 Å². The molecular formula is C66H88N14O15. The summed E-state index contributed by atoms with van der Waals surface area (Å²) in [5.74, 6) is -7.83. The van der Waals surface area contributed by atoms with E-state index in [-0.39, 0.29) is 120 Å². The van der Waals surface area contributed by atoms with Gasteiger partial charge in [-0.1, -0.05) is 30.3 Å². The Morgan fingerprint density at radius 3 is 1.05 bits per heavy atom. The summed E-state index contributed by atoms with van der Waals surface area (Å²) in [5.41, 5.74) is 35.7. The minimum atomic E-state index is -1.37. The van der Waals surface area contributed by atoms with Crippen molar-refractivity contribution >= 4 is 81.9 Å². The number of ether oxygens (including phenoxy) is 4. The molecular weight excluding hydrogens is 1230 g/mol. The number of carboxylic acids is 1. The first-order chi connectivity index (χ1) is 45.7. The van der Waals surface area contributed by atoms with Crippen molar-refractivity contribution in [3.8, 4) is 23.0 Å². The van der Waals surface area contributed by atoms with Gasteiger partial charge in [-0.05, 0) is 188 Å². The van der Waals surface area contributed by atoms with E-state index in [1.807, 2.05) is 30.3 Å². The third-order valence-electron chi connectivity index (χ3n) is 14.9. The quantitative estimate of drug-likeness (QED) is 0.0250. The Hall–Kier alpha value is -10.2. The number of rotatable bonds is 41. The molecule has 29 nitrogen and oxygen atoms in total. The van der Waals surface area contributed by atoms with Crippen LogP contribution in [0.4, 0.5) is 22.7 Å². The zero-order chi connectivity index (χ0) is 69.4. The highest BCUT2D eigenvalue weighted by atomic mass is 16.5. The van der Waals surface area contributed by atoms with Gasteiger partial charge in [-0.15, -0.1) is 0 Å². The molecule has 0 heterocycles. The predicted octanol–water partition coefficient (Wildman–Crippen LogP) is 3.00. The summed E-state index contributed by atoms with van der Waals surface area (Å²) < 4.78 is 21.8. The van der Waals surface area contributed by atoms with Crippen LogP contribution in [-0.4, -0.2) is 149 Å². The molecule has 0 bridgehead atoms. The molecule has 5 aromatic rings. The van der Waals surface area contributed by atoms with E-state index in [1.54, 1.807) is 0 Å². The lowest BCUT2D eigenvalue weighted by atomic mass is 10.0. The SMILES string of the molecule is COc1ccc(NC(=O)[C@H](CCCCN)NC(=O)c2cc(NC(=O)[C@H](CCCCN)NC(=O)c3cc(NC(=O)[C@H](CCCCN)NC(=O)c4cc(NC(=O)[C@H](CCCCN)NC(=O)[C@@H](N)Cc5ccccc5)ccc4OC)ccc3OC)ccc2OCC(=O)O)cc1C(N)=O. The highest BCUT2D eigenvalue weighted by Crippen LogP contribution is 2.29. The third-order valence-corrected chi connectivity index (χ3v) is 14.9. The van der Waals surface area contributed by atoms with E-state index in [4.69, 9.17) is 53.3 Å². The van der Waals surface area contributed by atoms with Gasteiger partial charge in [-0.25, -0.2) is 4.79 Å². The van der Waals surface area contributed by atoms with Gasteiger partial charge in [-0.3, -0.25) is 43.2 Å². The van der Waals surface area contributed by atoms with E-state index < -0.39 is 96.0 Å². The smallest absolute Gasteiger partial charge is 0.341 e. The number of methoxy groups -OCH3 is 3. The van der Waals surface area contributed by atoms with E-state index in [1.165, 1.54) is 94.1 Å². The van der Waals surface area contributed by atoms with Gasteiger partial charge >= 0.3 is 5.97 Å². The van der Waals surface area contributed by atoms with Crippen LogP contribution in [0.1, 0.15) is 124 Å². The Labute approximate surface area is 550 Å². The Bertz CT molecular complexity index is 3450. The van der Waals surface area contributed by atoms with Crippen LogP contribution < -0.4 is 95.9 Å². The van der Waals surface area contributed by atoms with Crippen molar-refractivity contribution in [2.45, 2.75) is 114 Å². The topological polar surface area (TPSA) is 480 Å². The second-order valence-corrected chi connectivity index (χ2v) is 22.0. The molecule has 0 aliphatic rings. The van der Waals surface area contributed by atoms with Gasteiger partial charge < -0.3 is 101 Å². The molecule has 512 valence electrons. The lowest BCUT2D eigenvalue weighted by molar-refractivity contribution is -0.139. The van der Waals surface area contributed by atoms with Crippen molar-refractivity contribution in [3.05, 3.63) is 131 Å². The molecule has 0 unspecified atom stereocenters. The normalized spacial score (nSPS) is 12.4. The summed E-state index contributed by atoms with van der Waals surface area (Å²) in [6.07, 6.45) is 4.39. The molecule has 0 spiro atoms. The summed E-state index contributed by atoms with van der Waals surface area (Å²) in [5, 5.41) is 31.3. The molecule has 95 heavy (non-hydrogen) atoms. The number of anilines is 4. The number of hydrogen-bond donors (Lipinski definition) is 15. The van der Waals surface area contributed by atoms with Gasteiger partial charge in [0.1, 0.15) is 47.2 Å². The second-order valence-electron chi connectivity index (χ2n) is 22.0. The number of carboxylic acid groups (broad SMARTS) is 1. The number of unbranched alkanes of at least 4 members (excludes halogenated alkanes) is 4. The van der Waals surface area contributed by atoms with Crippen molar-refractivity contribution in [2.24, 2.45) is 34.4 Å². The van der Waals surface area contributed by atoms with Crippen molar-refractivity contribution in [2.75, 3.05) is 75.4 Å². The van der Waals surface area contributed by atoms with E-state index in [0.717, 1.165) is 5.56 Å². The van der Waals surface area contributed by atoms with Gasteiger partial charge in [0.15, 0.2) is 6.61 Å². The first kappa shape index (κ1) is 75.5. The number of carbonyl (C=O) groups is 10. The number of primary amides is 1. The fourth-order valence-corrected chi connectivity index (χ4v) is 9.87. The van der Waals surface area contributed by atoms with E-state index >= 15 is 0 Å². The zero-order valence-corrected chi connectivity index (χ0v) is 53.6. The molecule has 5 rings (SSSR count). The van der Waals surface area contributed by atoms with Crippen molar-refractivity contribution in [3.63, 3.8) is 0 Å². The maximum Gasteiger partial charge on any atom is 0.341 e. The maximum atomic E-state index is 14.4. The number of aliphatic carboxylic acids is 1. The van der Waals surface area contributed by atoms with Gasteiger partial charge in [0.05, 0.1) is 49.6 Å². The van der Waals surface area contributed by atoms with Crippen LogP contribution in [0.25, 0.3) is 0 Å². The van der Waals surface area contributed by atoms with Gasteiger partial charge in [0.25, 0.3) is 23.6 Å². The number of hydrogen-bond acceptors (Lipinski definition) is 19. The molecule has 0 saturated carbocycles. The molecule has 0 saturated heterocycles. The third kappa shape index (κ3) is 24.0. The summed E-state index contributed by atoms with van der Waals surface area (Å²) in [7, 11) is 3.99. The van der Waals surface area contributed by atoms with Crippen LogP contribution >= 0.6 is 0 Å². The number of amides is 9. The summed E-state index contributed by atoms with van der Waals surface area (Å²) >= 11 is 0. The van der Waals surface area contributed by atoms with Crippen LogP contribution in [0.15, 0.2) is 103 Å². The molecule has 5 aromatic carbocycles. The fraction of sp³-hybridized carbons (Fsp3) is 0.394. The molecule has 0 aliphatic heterocycles. The van der Waals surface area contributed by atoms with Gasteiger partial charge in [0.2, 0.25) is 29.5 Å². The molecule has 9 amide bonds. The van der Waals surface area contributed by atoms with Crippen LogP contribution in [0, 0.1) is 0 Å². The molecule has 21 N–H and O–H groups in total. The van der Waals surface area contributed by atoms with E-state index in [0.29, 0.717) is 57.9 Å². The number of carbonyl (C=O) groups excluding carboxylic acids is 9. The Morgan fingerprint density at radius 2 is 0.726 bits per heavy atom. The predicted molar refractivity (Wildman–Crippen MR) is 357 cm³/mol. The number of benzene rings is 5. The maximum absolute atomic E-state index is 14.4. The highest BCUT2D eigenvalue weighted by Gasteiger charge is 2.30. The average molecular weight is 1320 g/mol. The number of nitrogens with one attached hydrogen (secondary N) is 8. The molecule has 0 aromatic heterocycles. The minimum Gasteiger partial charge on any atom is -0.496 e. The Morgan fingerprint density at radius 1 is 0.411 bits per heavy atom. The molecule has 0 radical (unpaired) electrons. The minimum absolute atomic E-state index is 0.00287.